The fraction of sp³-hybridized carbons (Fsp3) is 1.00. The minimum atomic E-state index is 0.385. The quantitative estimate of drug-likeness (QED) is 0.827. The molecule has 3 nitrogen and oxygen atoms in total. The average Bonchev–Trinajstić information content (AvgIpc) is 3.14. The minimum Gasteiger partial charge on any atom is -0.378 e. The van der Waals surface area contributed by atoms with E-state index in [1.165, 1.54) is 51.6 Å². The van der Waals surface area contributed by atoms with Gasteiger partial charge in [-0.1, -0.05) is 0 Å². The van der Waals surface area contributed by atoms with Crippen molar-refractivity contribution in [3.8, 4) is 0 Å². The Morgan fingerprint density at radius 2 is 2.16 bits per heavy atom. The van der Waals surface area contributed by atoms with Crippen LogP contribution in [0.4, 0.5) is 0 Å². The third kappa shape index (κ3) is 3.32. The van der Waals surface area contributed by atoms with E-state index in [1.54, 1.807) is 0 Å². The Balaban J connectivity index is 1.45. The van der Waals surface area contributed by atoms with Crippen molar-refractivity contribution in [2.75, 3.05) is 26.2 Å². The second-order valence-electron chi connectivity index (χ2n) is 7.17. The Kier molecular flexibility index (Phi) is 4.16. The first kappa shape index (κ1) is 13.8. The molecular formula is C16H30N2O. The summed E-state index contributed by atoms with van der Waals surface area (Å²) in [6.07, 6.45) is 8.55. The lowest BCUT2D eigenvalue weighted by molar-refractivity contribution is 0.0688. The van der Waals surface area contributed by atoms with Gasteiger partial charge in [-0.2, -0.15) is 0 Å². The molecule has 0 aromatic carbocycles. The first-order chi connectivity index (χ1) is 9.17. The van der Waals surface area contributed by atoms with Crippen LogP contribution < -0.4 is 5.32 Å². The Bertz CT molecular complexity index is 299. The van der Waals surface area contributed by atoms with Crippen molar-refractivity contribution >= 4 is 0 Å². The van der Waals surface area contributed by atoms with Crippen molar-refractivity contribution < 1.29 is 4.74 Å². The first-order valence-corrected chi connectivity index (χ1v) is 8.28. The Morgan fingerprint density at radius 3 is 2.84 bits per heavy atom. The number of piperazine rings is 1. The zero-order chi connectivity index (χ0) is 13.3. The average molecular weight is 266 g/mol. The monoisotopic (exact) mass is 266 g/mol. The molecule has 2 aliphatic heterocycles. The lowest BCUT2D eigenvalue weighted by atomic mass is 9.91. The molecule has 1 aliphatic carbocycles. The molecule has 3 heteroatoms. The van der Waals surface area contributed by atoms with Gasteiger partial charge in [0.15, 0.2) is 0 Å². The van der Waals surface area contributed by atoms with Crippen LogP contribution >= 0.6 is 0 Å². The van der Waals surface area contributed by atoms with Gasteiger partial charge in [-0.25, -0.2) is 0 Å². The van der Waals surface area contributed by atoms with E-state index >= 15 is 0 Å². The predicted octanol–water partition coefficient (Wildman–Crippen LogP) is 2.41. The molecule has 3 fully saturated rings. The third-order valence-corrected chi connectivity index (χ3v) is 5.43. The van der Waals surface area contributed by atoms with Gasteiger partial charge < -0.3 is 10.1 Å². The molecule has 2 heterocycles. The van der Waals surface area contributed by atoms with Gasteiger partial charge in [0.25, 0.3) is 0 Å². The van der Waals surface area contributed by atoms with Crippen molar-refractivity contribution in [1.82, 2.24) is 10.2 Å². The maximum Gasteiger partial charge on any atom is 0.0576 e. The van der Waals surface area contributed by atoms with E-state index in [1.807, 2.05) is 0 Å². The van der Waals surface area contributed by atoms with E-state index in [9.17, 15) is 0 Å². The summed E-state index contributed by atoms with van der Waals surface area (Å²) in [7, 11) is 0. The highest BCUT2D eigenvalue weighted by Crippen LogP contribution is 2.41. The standard InChI is InChI=1S/C16H30N2O/c1-13-11-17-16(2,14-7-8-14)12-18(13)9-3-5-15-6-4-10-19-15/h13-15,17H,3-12H2,1-2H3. The van der Waals surface area contributed by atoms with E-state index in [4.69, 9.17) is 4.74 Å². The minimum absolute atomic E-state index is 0.385. The second kappa shape index (κ2) is 5.71. The molecule has 3 atom stereocenters. The maximum atomic E-state index is 5.73. The van der Waals surface area contributed by atoms with E-state index in [2.05, 4.69) is 24.1 Å². The van der Waals surface area contributed by atoms with Crippen LogP contribution in [0.25, 0.3) is 0 Å². The van der Waals surface area contributed by atoms with Crippen molar-refractivity contribution in [3.05, 3.63) is 0 Å². The van der Waals surface area contributed by atoms with Crippen LogP contribution in [0.3, 0.4) is 0 Å². The largest absolute Gasteiger partial charge is 0.378 e. The number of rotatable bonds is 5. The summed E-state index contributed by atoms with van der Waals surface area (Å²) in [6, 6.07) is 0.691. The van der Waals surface area contributed by atoms with Crippen molar-refractivity contribution in [2.24, 2.45) is 5.92 Å². The molecule has 3 unspecified atom stereocenters. The van der Waals surface area contributed by atoms with Crippen LogP contribution in [0, 0.1) is 5.92 Å². The fourth-order valence-electron chi connectivity index (χ4n) is 3.83. The fourth-order valence-corrected chi connectivity index (χ4v) is 3.83. The molecular weight excluding hydrogens is 236 g/mol. The van der Waals surface area contributed by atoms with Gasteiger partial charge in [0.1, 0.15) is 0 Å². The molecule has 0 aromatic heterocycles. The molecule has 0 amide bonds. The van der Waals surface area contributed by atoms with Crippen LogP contribution in [0.15, 0.2) is 0 Å². The van der Waals surface area contributed by atoms with Gasteiger partial charge in [0.2, 0.25) is 0 Å². The number of hydrogen-bond donors (Lipinski definition) is 1. The molecule has 0 bridgehead atoms. The Labute approximate surface area is 118 Å². The SMILES string of the molecule is CC1CNC(C)(C2CC2)CN1CCCC1CCCO1. The summed E-state index contributed by atoms with van der Waals surface area (Å²) in [5.41, 5.74) is 0.385. The zero-order valence-electron chi connectivity index (χ0n) is 12.7. The zero-order valence-corrected chi connectivity index (χ0v) is 12.7. The van der Waals surface area contributed by atoms with Gasteiger partial charge in [0, 0.05) is 31.3 Å². The lowest BCUT2D eigenvalue weighted by Crippen LogP contribution is -2.63. The van der Waals surface area contributed by atoms with Crippen LogP contribution in [-0.4, -0.2) is 48.8 Å². The van der Waals surface area contributed by atoms with Crippen molar-refractivity contribution in [3.63, 3.8) is 0 Å². The lowest BCUT2D eigenvalue weighted by Gasteiger charge is -2.45. The summed E-state index contributed by atoms with van der Waals surface area (Å²) in [5.74, 6) is 0.931. The smallest absolute Gasteiger partial charge is 0.0576 e. The molecule has 0 aromatic rings. The van der Waals surface area contributed by atoms with Gasteiger partial charge in [-0.3, -0.25) is 4.90 Å². The van der Waals surface area contributed by atoms with Gasteiger partial charge >= 0.3 is 0 Å². The van der Waals surface area contributed by atoms with E-state index in [-0.39, 0.29) is 0 Å². The molecule has 3 rings (SSSR count). The van der Waals surface area contributed by atoms with Crippen molar-refractivity contribution in [1.29, 1.82) is 0 Å². The van der Waals surface area contributed by atoms with Gasteiger partial charge in [-0.05, 0) is 64.8 Å². The number of nitrogens with one attached hydrogen (secondary N) is 1. The summed E-state index contributed by atoms with van der Waals surface area (Å²) in [6.45, 7) is 9.45. The van der Waals surface area contributed by atoms with Crippen LogP contribution in [0.5, 0.6) is 0 Å². The Hall–Kier alpha value is -0.120. The first-order valence-electron chi connectivity index (χ1n) is 8.28. The molecule has 2 saturated heterocycles. The van der Waals surface area contributed by atoms with Gasteiger partial charge in [-0.15, -0.1) is 0 Å². The topological polar surface area (TPSA) is 24.5 Å². The Morgan fingerprint density at radius 1 is 1.32 bits per heavy atom. The molecule has 1 N–H and O–H groups in total. The predicted molar refractivity (Wildman–Crippen MR) is 78.4 cm³/mol. The van der Waals surface area contributed by atoms with Gasteiger partial charge in [0.05, 0.1) is 6.10 Å². The second-order valence-corrected chi connectivity index (χ2v) is 7.17. The highest BCUT2D eigenvalue weighted by Gasteiger charge is 2.45. The number of nitrogens with zero attached hydrogens (tertiary/aromatic N) is 1. The highest BCUT2D eigenvalue weighted by atomic mass is 16.5. The molecule has 3 aliphatic rings. The molecule has 110 valence electrons. The van der Waals surface area contributed by atoms with E-state index in [0.717, 1.165) is 19.1 Å². The highest BCUT2D eigenvalue weighted by molar-refractivity contribution is 5.03. The summed E-state index contributed by atoms with van der Waals surface area (Å²) >= 11 is 0. The number of ether oxygens (including phenoxy) is 1. The number of hydrogen-bond acceptors (Lipinski definition) is 3. The summed E-state index contributed by atoms with van der Waals surface area (Å²) in [4.78, 5) is 2.71. The maximum absolute atomic E-state index is 5.73. The molecule has 0 spiro atoms. The molecule has 1 saturated carbocycles. The summed E-state index contributed by atoms with van der Waals surface area (Å²) in [5, 5.41) is 3.80. The summed E-state index contributed by atoms with van der Waals surface area (Å²) < 4.78 is 5.73. The molecule has 0 radical (unpaired) electrons. The van der Waals surface area contributed by atoms with Crippen LogP contribution in [0.2, 0.25) is 0 Å². The third-order valence-electron chi connectivity index (χ3n) is 5.43. The van der Waals surface area contributed by atoms with Crippen molar-refractivity contribution in [2.45, 2.75) is 70.1 Å². The van der Waals surface area contributed by atoms with E-state index in [0.29, 0.717) is 17.7 Å². The normalized spacial score (nSPS) is 40.7. The van der Waals surface area contributed by atoms with E-state index < -0.39 is 0 Å². The van der Waals surface area contributed by atoms with Crippen LogP contribution in [0.1, 0.15) is 52.4 Å². The van der Waals surface area contributed by atoms with Crippen LogP contribution in [-0.2, 0) is 4.74 Å². The molecule has 19 heavy (non-hydrogen) atoms.